The third-order valence-electron chi connectivity index (χ3n) is 5.09. The van der Waals surface area contributed by atoms with E-state index in [2.05, 4.69) is 10.3 Å². The van der Waals surface area contributed by atoms with Gasteiger partial charge in [0.05, 0.1) is 29.9 Å². The van der Waals surface area contributed by atoms with Gasteiger partial charge >= 0.3 is 0 Å². The van der Waals surface area contributed by atoms with E-state index in [0.29, 0.717) is 16.4 Å². The lowest BCUT2D eigenvalue weighted by molar-refractivity contribution is 0.0950. The summed E-state index contributed by atoms with van der Waals surface area (Å²) in [7, 11) is -0.862. The van der Waals surface area contributed by atoms with Crippen LogP contribution in [-0.2, 0) is 16.6 Å². The summed E-state index contributed by atoms with van der Waals surface area (Å²) in [4.78, 5) is 17.1. The van der Waals surface area contributed by atoms with Gasteiger partial charge in [-0.15, -0.1) is 0 Å². The third-order valence-corrected chi connectivity index (χ3v) is 7.11. The molecule has 0 saturated carbocycles. The number of methoxy groups -OCH3 is 1. The van der Waals surface area contributed by atoms with Crippen molar-refractivity contribution in [3.63, 3.8) is 0 Å². The summed E-state index contributed by atoms with van der Waals surface area (Å²) in [5, 5.41) is 3.22. The van der Waals surface area contributed by atoms with Crippen LogP contribution in [0.4, 0.5) is 5.69 Å². The molecule has 7 nitrogen and oxygen atoms in total. The number of benzene rings is 2. The number of rotatable bonds is 7. The molecule has 0 aliphatic heterocycles. The molecular weight excluding hydrogens is 450 g/mol. The van der Waals surface area contributed by atoms with Crippen molar-refractivity contribution in [2.45, 2.75) is 25.3 Å². The molecule has 3 rings (SSSR count). The number of hydrogen-bond donors (Lipinski definition) is 1. The molecule has 1 heterocycles. The third kappa shape index (κ3) is 4.87. The van der Waals surface area contributed by atoms with E-state index in [-0.39, 0.29) is 17.0 Å². The number of aromatic nitrogens is 1. The maximum atomic E-state index is 13.1. The quantitative estimate of drug-likeness (QED) is 0.557. The van der Waals surface area contributed by atoms with Gasteiger partial charge in [-0.2, -0.15) is 0 Å². The number of aryl methyl sites for hydroxylation is 1. The van der Waals surface area contributed by atoms with Crippen LogP contribution in [0.15, 0.2) is 59.6 Å². The molecule has 0 atom stereocenters. The van der Waals surface area contributed by atoms with Gasteiger partial charge in [0.2, 0.25) is 0 Å². The molecule has 0 bridgehead atoms. The van der Waals surface area contributed by atoms with Gasteiger partial charge < -0.3 is 10.1 Å². The molecule has 1 aromatic heterocycles. The zero-order valence-electron chi connectivity index (χ0n) is 18.2. The molecule has 0 aliphatic rings. The highest BCUT2D eigenvalue weighted by Crippen LogP contribution is 2.26. The number of ether oxygens (including phenoxy) is 1. The van der Waals surface area contributed by atoms with E-state index in [0.717, 1.165) is 21.2 Å². The molecule has 2 aromatic carbocycles. The predicted octanol–water partition coefficient (Wildman–Crippen LogP) is 4.12. The van der Waals surface area contributed by atoms with Crippen LogP contribution in [0.5, 0.6) is 5.75 Å². The Morgan fingerprint density at radius 3 is 2.56 bits per heavy atom. The van der Waals surface area contributed by atoms with Crippen LogP contribution in [0.1, 0.15) is 27.2 Å². The lowest BCUT2D eigenvalue weighted by Crippen LogP contribution is -2.27. The van der Waals surface area contributed by atoms with Gasteiger partial charge in [-0.25, -0.2) is 8.42 Å². The van der Waals surface area contributed by atoms with Gasteiger partial charge in [0.25, 0.3) is 15.9 Å². The average molecular weight is 474 g/mol. The number of anilines is 1. The van der Waals surface area contributed by atoms with Crippen molar-refractivity contribution in [2.75, 3.05) is 18.5 Å². The second kappa shape index (κ2) is 9.58. The van der Waals surface area contributed by atoms with Crippen LogP contribution in [0, 0.1) is 13.8 Å². The highest BCUT2D eigenvalue weighted by atomic mass is 35.5. The van der Waals surface area contributed by atoms with E-state index < -0.39 is 15.9 Å². The van der Waals surface area contributed by atoms with Crippen molar-refractivity contribution in [3.05, 3.63) is 82.1 Å². The molecule has 3 aromatic rings. The maximum Gasteiger partial charge on any atom is 0.264 e. The first kappa shape index (κ1) is 23.6. The Morgan fingerprint density at radius 2 is 1.88 bits per heavy atom. The van der Waals surface area contributed by atoms with Crippen LogP contribution < -0.4 is 14.4 Å². The van der Waals surface area contributed by atoms with Gasteiger partial charge in [0.1, 0.15) is 5.75 Å². The number of amides is 1. The number of halogens is 1. The Bertz CT molecular complexity index is 1260. The molecule has 0 radical (unpaired) electrons. The highest BCUT2D eigenvalue weighted by Gasteiger charge is 2.23. The smallest absolute Gasteiger partial charge is 0.264 e. The summed E-state index contributed by atoms with van der Waals surface area (Å²) < 4.78 is 32.7. The predicted molar refractivity (Wildman–Crippen MR) is 125 cm³/mol. The van der Waals surface area contributed by atoms with Crippen LogP contribution in [-0.4, -0.2) is 33.5 Å². The Labute approximate surface area is 193 Å². The SMILES string of the molecule is COc1c(C)cnc(CNC(=O)c2cccc(S(=O)(=O)N(C)c3cccc(Cl)c3)c2)c1C. The highest BCUT2D eigenvalue weighted by molar-refractivity contribution is 7.92. The van der Waals surface area contributed by atoms with Crippen LogP contribution >= 0.6 is 11.6 Å². The van der Waals surface area contributed by atoms with Crippen molar-refractivity contribution in [1.29, 1.82) is 0 Å². The molecule has 168 valence electrons. The van der Waals surface area contributed by atoms with Crippen LogP contribution in [0.2, 0.25) is 5.02 Å². The summed E-state index contributed by atoms with van der Waals surface area (Å²) in [6, 6.07) is 12.4. The topological polar surface area (TPSA) is 88.6 Å². The fourth-order valence-corrected chi connectivity index (χ4v) is 4.70. The Morgan fingerprint density at radius 1 is 1.16 bits per heavy atom. The number of pyridine rings is 1. The summed E-state index contributed by atoms with van der Waals surface area (Å²) in [5.74, 6) is 0.314. The minimum atomic E-state index is -3.89. The molecule has 0 aliphatic carbocycles. The molecular formula is C23H24ClN3O4S. The van der Waals surface area contributed by atoms with Gasteiger partial charge in [-0.3, -0.25) is 14.1 Å². The molecule has 0 unspecified atom stereocenters. The van der Waals surface area contributed by atoms with E-state index in [1.54, 1.807) is 43.6 Å². The second-order valence-electron chi connectivity index (χ2n) is 7.21. The summed E-state index contributed by atoms with van der Waals surface area (Å²) in [5.41, 5.74) is 3.06. The Hall–Kier alpha value is -3.10. The molecule has 9 heteroatoms. The lowest BCUT2D eigenvalue weighted by Gasteiger charge is -2.20. The zero-order chi connectivity index (χ0) is 23.5. The number of carbonyl (C=O) groups excluding carboxylic acids is 1. The summed E-state index contributed by atoms with van der Waals surface area (Å²) in [6.07, 6.45) is 1.69. The van der Waals surface area contributed by atoms with Gasteiger partial charge in [0.15, 0.2) is 0 Å². The minimum absolute atomic E-state index is 0.000985. The second-order valence-corrected chi connectivity index (χ2v) is 9.61. The van der Waals surface area contributed by atoms with Crippen LogP contribution in [0.25, 0.3) is 0 Å². The largest absolute Gasteiger partial charge is 0.496 e. The Balaban J connectivity index is 1.80. The summed E-state index contributed by atoms with van der Waals surface area (Å²) in [6.45, 7) is 3.95. The van der Waals surface area contributed by atoms with Crippen LogP contribution in [0.3, 0.4) is 0 Å². The van der Waals surface area contributed by atoms with Gasteiger partial charge in [-0.1, -0.05) is 23.7 Å². The first-order chi connectivity index (χ1) is 15.1. The molecule has 0 saturated heterocycles. The number of hydrogen-bond acceptors (Lipinski definition) is 5. The average Bonchev–Trinajstić information content (AvgIpc) is 2.78. The van der Waals surface area contributed by atoms with Crippen molar-refractivity contribution in [3.8, 4) is 5.75 Å². The van der Waals surface area contributed by atoms with E-state index in [9.17, 15) is 13.2 Å². The fourth-order valence-electron chi connectivity index (χ4n) is 3.28. The standard InChI is InChI=1S/C23H24ClN3O4S/c1-15-13-25-21(16(2)22(15)31-4)14-26-23(28)17-7-5-10-20(11-17)32(29,30)27(3)19-9-6-8-18(24)12-19/h5-13H,14H2,1-4H3,(H,26,28). The number of nitrogens with zero attached hydrogens (tertiary/aromatic N) is 2. The molecule has 1 amide bonds. The lowest BCUT2D eigenvalue weighted by atomic mass is 10.1. The van der Waals surface area contributed by atoms with E-state index in [4.69, 9.17) is 16.3 Å². The molecule has 1 N–H and O–H groups in total. The van der Waals surface area contributed by atoms with Crippen molar-refractivity contribution < 1.29 is 17.9 Å². The van der Waals surface area contributed by atoms with Crippen molar-refractivity contribution >= 4 is 33.2 Å². The minimum Gasteiger partial charge on any atom is -0.496 e. The number of sulfonamides is 1. The van der Waals surface area contributed by atoms with E-state index in [1.807, 2.05) is 13.8 Å². The van der Waals surface area contributed by atoms with E-state index >= 15 is 0 Å². The number of nitrogens with one attached hydrogen (secondary N) is 1. The first-order valence-electron chi connectivity index (χ1n) is 9.77. The first-order valence-corrected chi connectivity index (χ1v) is 11.6. The zero-order valence-corrected chi connectivity index (χ0v) is 19.8. The molecule has 0 spiro atoms. The number of carbonyl (C=O) groups is 1. The van der Waals surface area contributed by atoms with Crippen molar-refractivity contribution in [1.82, 2.24) is 10.3 Å². The van der Waals surface area contributed by atoms with Crippen molar-refractivity contribution in [2.24, 2.45) is 0 Å². The molecule has 32 heavy (non-hydrogen) atoms. The molecule has 0 fully saturated rings. The van der Waals surface area contributed by atoms with Gasteiger partial charge in [0, 0.05) is 35.0 Å². The fraction of sp³-hybridized carbons (Fsp3) is 0.217. The Kier molecular flexibility index (Phi) is 7.06. The summed E-state index contributed by atoms with van der Waals surface area (Å²) >= 11 is 5.99. The monoisotopic (exact) mass is 473 g/mol. The maximum absolute atomic E-state index is 13.1. The van der Waals surface area contributed by atoms with Gasteiger partial charge in [-0.05, 0) is 50.2 Å². The normalized spacial score (nSPS) is 11.2. The van der Waals surface area contributed by atoms with E-state index in [1.165, 1.54) is 25.2 Å².